The molecule has 1 heterocycles. The minimum absolute atomic E-state index is 0.766. The first kappa shape index (κ1) is 12.4. The molecule has 0 bridgehead atoms. The van der Waals surface area contributed by atoms with Gasteiger partial charge in [0.25, 0.3) is 0 Å². The Morgan fingerprint density at radius 3 is 2.44 bits per heavy atom. The van der Waals surface area contributed by atoms with Crippen molar-refractivity contribution in [3.05, 3.63) is 0 Å². The minimum Gasteiger partial charge on any atom is -0.300 e. The molecule has 0 spiro atoms. The van der Waals surface area contributed by atoms with Crippen molar-refractivity contribution in [2.24, 2.45) is 5.92 Å². The summed E-state index contributed by atoms with van der Waals surface area (Å²) < 4.78 is 0. The van der Waals surface area contributed by atoms with Crippen LogP contribution in [0, 0.1) is 5.92 Å². The van der Waals surface area contributed by atoms with Crippen LogP contribution in [0.3, 0.4) is 0 Å². The quantitative estimate of drug-likeness (QED) is 0.727. The lowest BCUT2D eigenvalue weighted by atomic mass is 9.88. The fourth-order valence-corrected chi connectivity index (χ4v) is 3.44. The highest BCUT2D eigenvalue weighted by atomic mass is 15.3. The van der Waals surface area contributed by atoms with Gasteiger partial charge in [-0.15, -0.1) is 0 Å². The van der Waals surface area contributed by atoms with Crippen molar-refractivity contribution >= 4 is 0 Å². The van der Waals surface area contributed by atoms with Crippen LogP contribution in [-0.2, 0) is 0 Å². The third-order valence-electron chi connectivity index (χ3n) is 4.50. The maximum atomic E-state index is 2.72. The third kappa shape index (κ3) is 3.21. The van der Waals surface area contributed by atoms with Crippen LogP contribution in [0.5, 0.6) is 0 Å². The molecule has 2 heteroatoms. The van der Waals surface area contributed by atoms with E-state index in [-0.39, 0.29) is 0 Å². The zero-order valence-electron chi connectivity index (χ0n) is 11.1. The van der Waals surface area contributed by atoms with E-state index in [1.54, 1.807) is 0 Å². The molecule has 1 unspecified atom stereocenters. The number of hydrogen-bond donors (Lipinski definition) is 0. The summed E-state index contributed by atoms with van der Waals surface area (Å²) in [6.45, 7) is 11.1. The molecule has 0 amide bonds. The second-order valence-corrected chi connectivity index (χ2v) is 5.74. The highest BCUT2D eigenvalue weighted by Crippen LogP contribution is 2.25. The molecule has 1 saturated carbocycles. The van der Waals surface area contributed by atoms with Gasteiger partial charge in [0.1, 0.15) is 0 Å². The Bertz CT molecular complexity index is 199. The lowest BCUT2D eigenvalue weighted by Gasteiger charge is -2.41. The van der Waals surface area contributed by atoms with Crippen molar-refractivity contribution in [1.29, 1.82) is 0 Å². The second-order valence-electron chi connectivity index (χ2n) is 5.74. The van der Waals surface area contributed by atoms with Crippen LogP contribution in [0.1, 0.15) is 46.0 Å². The van der Waals surface area contributed by atoms with Gasteiger partial charge in [0.05, 0.1) is 0 Å². The maximum absolute atomic E-state index is 2.72. The molecular weight excluding hydrogens is 196 g/mol. The van der Waals surface area contributed by atoms with E-state index >= 15 is 0 Å². The molecular formula is C14H28N2. The summed E-state index contributed by atoms with van der Waals surface area (Å²) in [5.74, 6) is 1.01. The van der Waals surface area contributed by atoms with E-state index in [9.17, 15) is 0 Å². The summed E-state index contributed by atoms with van der Waals surface area (Å²) >= 11 is 0. The molecule has 2 rings (SSSR count). The molecule has 0 N–H and O–H groups in total. The van der Waals surface area contributed by atoms with Crippen molar-refractivity contribution in [2.75, 3.05) is 32.7 Å². The van der Waals surface area contributed by atoms with Gasteiger partial charge in [-0.1, -0.05) is 26.2 Å². The van der Waals surface area contributed by atoms with Gasteiger partial charge in [-0.3, -0.25) is 4.90 Å². The lowest BCUT2D eigenvalue weighted by molar-refractivity contribution is 0.0721. The molecule has 2 nitrogen and oxygen atoms in total. The Hall–Kier alpha value is -0.0800. The predicted molar refractivity (Wildman–Crippen MR) is 69.7 cm³/mol. The SMILES string of the molecule is CCN1CCN(CC2CCCCC2)CC1C. The third-order valence-corrected chi connectivity index (χ3v) is 4.50. The van der Waals surface area contributed by atoms with Crippen LogP contribution in [0.25, 0.3) is 0 Å². The van der Waals surface area contributed by atoms with Gasteiger partial charge in [0.15, 0.2) is 0 Å². The van der Waals surface area contributed by atoms with Gasteiger partial charge in [-0.25, -0.2) is 0 Å². The van der Waals surface area contributed by atoms with E-state index in [0.29, 0.717) is 0 Å². The highest BCUT2D eigenvalue weighted by molar-refractivity contribution is 4.80. The van der Waals surface area contributed by atoms with Crippen molar-refractivity contribution < 1.29 is 0 Å². The largest absolute Gasteiger partial charge is 0.300 e. The van der Waals surface area contributed by atoms with Crippen molar-refractivity contribution in [3.8, 4) is 0 Å². The molecule has 2 aliphatic rings. The Kier molecular flexibility index (Phi) is 4.66. The van der Waals surface area contributed by atoms with Crippen molar-refractivity contribution in [1.82, 2.24) is 9.80 Å². The zero-order chi connectivity index (χ0) is 11.4. The Labute approximate surface area is 101 Å². The number of hydrogen-bond acceptors (Lipinski definition) is 2. The topological polar surface area (TPSA) is 6.48 Å². The van der Waals surface area contributed by atoms with E-state index in [4.69, 9.17) is 0 Å². The summed E-state index contributed by atoms with van der Waals surface area (Å²) in [6.07, 6.45) is 7.42. The molecule has 0 aromatic carbocycles. The van der Waals surface area contributed by atoms with Gasteiger partial charge in [0, 0.05) is 32.2 Å². The predicted octanol–water partition coefficient (Wildman–Crippen LogP) is 2.59. The standard InChI is InChI=1S/C14H28N2/c1-3-16-10-9-15(11-13(16)2)12-14-7-5-4-6-8-14/h13-14H,3-12H2,1-2H3. The summed E-state index contributed by atoms with van der Waals surface area (Å²) in [7, 11) is 0. The van der Waals surface area contributed by atoms with Crippen LogP contribution >= 0.6 is 0 Å². The first-order valence-electron chi connectivity index (χ1n) is 7.26. The number of likely N-dealkylation sites (N-methyl/N-ethyl adjacent to an activating group) is 1. The number of nitrogens with zero attached hydrogens (tertiary/aromatic N) is 2. The Morgan fingerprint density at radius 1 is 1.06 bits per heavy atom. The monoisotopic (exact) mass is 224 g/mol. The van der Waals surface area contributed by atoms with Crippen LogP contribution in [0.2, 0.25) is 0 Å². The highest BCUT2D eigenvalue weighted by Gasteiger charge is 2.24. The molecule has 1 saturated heterocycles. The molecule has 2 fully saturated rings. The number of piperazine rings is 1. The molecule has 94 valence electrons. The van der Waals surface area contributed by atoms with E-state index < -0.39 is 0 Å². The van der Waals surface area contributed by atoms with Gasteiger partial charge < -0.3 is 4.90 Å². The fraction of sp³-hybridized carbons (Fsp3) is 1.00. The van der Waals surface area contributed by atoms with Crippen LogP contribution < -0.4 is 0 Å². The Balaban J connectivity index is 1.74. The molecule has 0 radical (unpaired) electrons. The summed E-state index contributed by atoms with van der Waals surface area (Å²) in [5.41, 5.74) is 0. The van der Waals surface area contributed by atoms with E-state index in [1.165, 1.54) is 64.8 Å². The minimum atomic E-state index is 0.766. The molecule has 16 heavy (non-hydrogen) atoms. The first-order chi connectivity index (χ1) is 7.79. The van der Waals surface area contributed by atoms with Crippen LogP contribution in [0.15, 0.2) is 0 Å². The average molecular weight is 224 g/mol. The maximum Gasteiger partial charge on any atom is 0.0195 e. The van der Waals surface area contributed by atoms with Crippen LogP contribution in [-0.4, -0.2) is 48.6 Å². The van der Waals surface area contributed by atoms with E-state index in [0.717, 1.165) is 12.0 Å². The summed E-state index contributed by atoms with van der Waals surface area (Å²) in [5, 5.41) is 0. The van der Waals surface area contributed by atoms with Gasteiger partial charge in [-0.2, -0.15) is 0 Å². The zero-order valence-corrected chi connectivity index (χ0v) is 11.1. The lowest BCUT2D eigenvalue weighted by Crippen LogP contribution is -2.52. The molecule has 1 aliphatic carbocycles. The van der Waals surface area contributed by atoms with Gasteiger partial charge >= 0.3 is 0 Å². The summed E-state index contributed by atoms with van der Waals surface area (Å²) in [6, 6.07) is 0.766. The summed E-state index contributed by atoms with van der Waals surface area (Å²) in [4.78, 5) is 5.32. The molecule has 0 aromatic heterocycles. The Morgan fingerprint density at radius 2 is 1.81 bits per heavy atom. The second kappa shape index (κ2) is 6.02. The van der Waals surface area contributed by atoms with Gasteiger partial charge in [-0.05, 0) is 32.2 Å². The van der Waals surface area contributed by atoms with E-state index in [1.807, 2.05) is 0 Å². The molecule has 1 atom stereocenters. The van der Waals surface area contributed by atoms with Crippen LogP contribution in [0.4, 0.5) is 0 Å². The first-order valence-corrected chi connectivity index (χ1v) is 7.26. The molecule has 0 aromatic rings. The van der Waals surface area contributed by atoms with Crippen molar-refractivity contribution in [3.63, 3.8) is 0 Å². The number of rotatable bonds is 3. The average Bonchev–Trinajstić information content (AvgIpc) is 2.31. The van der Waals surface area contributed by atoms with Gasteiger partial charge in [0.2, 0.25) is 0 Å². The van der Waals surface area contributed by atoms with Crippen molar-refractivity contribution in [2.45, 2.75) is 52.0 Å². The van der Waals surface area contributed by atoms with E-state index in [2.05, 4.69) is 23.6 Å². The fourth-order valence-electron chi connectivity index (χ4n) is 3.44. The molecule has 1 aliphatic heterocycles. The smallest absolute Gasteiger partial charge is 0.0195 e. The normalized spacial score (nSPS) is 30.8.